The van der Waals surface area contributed by atoms with Crippen LogP contribution < -0.4 is 5.32 Å². The molecule has 2 heterocycles. The highest BCUT2D eigenvalue weighted by atomic mass is 35.5. The van der Waals surface area contributed by atoms with Crippen molar-refractivity contribution in [3.8, 4) is 5.69 Å². The van der Waals surface area contributed by atoms with E-state index in [1.807, 2.05) is 53.3 Å². The highest BCUT2D eigenvalue weighted by Gasteiger charge is 2.11. The Morgan fingerprint density at radius 2 is 2.05 bits per heavy atom. The first kappa shape index (κ1) is 13.6. The zero-order chi connectivity index (χ0) is 14.7. The van der Waals surface area contributed by atoms with Crippen molar-refractivity contribution in [2.24, 2.45) is 0 Å². The Bertz CT molecular complexity index is 710. The summed E-state index contributed by atoms with van der Waals surface area (Å²) >= 11 is 6.12. The van der Waals surface area contributed by atoms with E-state index in [1.54, 1.807) is 12.4 Å². The number of nitrogens with zero attached hydrogens (tertiary/aromatic N) is 3. The van der Waals surface area contributed by atoms with E-state index in [0.717, 1.165) is 17.1 Å². The lowest BCUT2D eigenvalue weighted by atomic mass is 10.2. The van der Waals surface area contributed by atoms with Gasteiger partial charge in [0.1, 0.15) is 0 Å². The lowest BCUT2D eigenvalue weighted by Gasteiger charge is -2.18. The van der Waals surface area contributed by atoms with Crippen LogP contribution in [0.1, 0.15) is 18.7 Å². The number of anilines is 1. The third-order valence-corrected chi connectivity index (χ3v) is 3.45. The molecular formula is C16H15ClN4. The Balaban J connectivity index is 1.93. The Morgan fingerprint density at radius 1 is 1.14 bits per heavy atom. The molecule has 0 aliphatic heterocycles. The molecule has 2 aromatic heterocycles. The van der Waals surface area contributed by atoms with Crippen LogP contribution in [0, 0.1) is 0 Å². The minimum Gasteiger partial charge on any atom is -0.375 e. The molecule has 0 aliphatic rings. The Hall–Kier alpha value is -2.33. The number of pyridine rings is 1. The largest absolute Gasteiger partial charge is 0.375 e. The third-order valence-electron chi connectivity index (χ3n) is 3.21. The first-order valence-corrected chi connectivity index (χ1v) is 7.09. The second kappa shape index (κ2) is 5.97. The van der Waals surface area contributed by atoms with Crippen LogP contribution in [0.3, 0.4) is 0 Å². The molecule has 0 radical (unpaired) electrons. The normalized spacial score (nSPS) is 12.1. The summed E-state index contributed by atoms with van der Waals surface area (Å²) in [5, 5.41) is 8.40. The molecule has 1 atom stereocenters. The van der Waals surface area contributed by atoms with E-state index in [4.69, 9.17) is 11.6 Å². The lowest BCUT2D eigenvalue weighted by Crippen LogP contribution is -2.10. The first-order chi connectivity index (χ1) is 10.2. The van der Waals surface area contributed by atoms with Gasteiger partial charge in [0, 0.05) is 23.6 Å². The van der Waals surface area contributed by atoms with Crippen molar-refractivity contribution < 1.29 is 0 Å². The van der Waals surface area contributed by atoms with Gasteiger partial charge >= 0.3 is 0 Å². The third kappa shape index (κ3) is 3.06. The van der Waals surface area contributed by atoms with E-state index in [9.17, 15) is 0 Å². The minimum absolute atomic E-state index is 0.0685. The van der Waals surface area contributed by atoms with Crippen molar-refractivity contribution in [3.05, 3.63) is 71.8 Å². The fraction of sp³-hybridized carbons (Fsp3) is 0.125. The maximum absolute atomic E-state index is 6.12. The molecule has 0 spiro atoms. The van der Waals surface area contributed by atoms with Crippen LogP contribution in [0.4, 0.5) is 5.69 Å². The van der Waals surface area contributed by atoms with Gasteiger partial charge in [-0.3, -0.25) is 4.98 Å². The van der Waals surface area contributed by atoms with E-state index >= 15 is 0 Å². The molecule has 4 nitrogen and oxygen atoms in total. The minimum atomic E-state index is 0.0685. The molecule has 1 aromatic carbocycles. The SMILES string of the molecule is CC(Nc1cc(Cl)ccc1-n1cccn1)c1ccccn1. The highest BCUT2D eigenvalue weighted by Crippen LogP contribution is 2.27. The van der Waals surface area contributed by atoms with Gasteiger partial charge in [0.2, 0.25) is 0 Å². The van der Waals surface area contributed by atoms with Crippen LogP contribution >= 0.6 is 11.6 Å². The van der Waals surface area contributed by atoms with Crippen LogP contribution in [-0.4, -0.2) is 14.8 Å². The molecule has 0 fully saturated rings. The molecule has 0 saturated heterocycles. The second-order valence-corrected chi connectivity index (χ2v) is 5.17. The van der Waals surface area contributed by atoms with E-state index in [2.05, 4.69) is 22.3 Å². The monoisotopic (exact) mass is 298 g/mol. The molecule has 0 amide bonds. The summed E-state index contributed by atoms with van der Waals surface area (Å²) in [4.78, 5) is 4.37. The van der Waals surface area contributed by atoms with Gasteiger partial charge in [0.25, 0.3) is 0 Å². The Labute approximate surface area is 128 Å². The van der Waals surface area contributed by atoms with Gasteiger partial charge in [-0.25, -0.2) is 4.68 Å². The quantitative estimate of drug-likeness (QED) is 0.789. The molecule has 1 N–H and O–H groups in total. The summed E-state index contributed by atoms with van der Waals surface area (Å²) in [6.45, 7) is 2.07. The maximum atomic E-state index is 6.12. The molecule has 106 valence electrons. The van der Waals surface area contributed by atoms with Crippen molar-refractivity contribution in [3.63, 3.8) is 0 Å². The fourth-order valence-corrected chi connectivity index (χ4v) is 2.35. The maximum Gasteiger partial charge on any atom is 0.0878 e. The number of hydrogen-bond acceptors (Lipinski definition) is 3. The molecule has 3 rings (SSSR count). The van der Waals surface area contributed by atoms with E-state index < -0.39 is 0 Å². The molecule has 1 unspecified atom stereocenters. The van der Waals surface area contributed by atoms with Crippen molar-refractivity contribution in [1.29, 1.82) is 0 Å². The van der Waals surface area contributed by atoms with Crippen LogP contribution in [0.2, 0.25) is 5.02 Å². The van der Waals surface area contributed by atoms with Crippen molar-refractivity contribution in [2.45, 2.75) is 13.0 Å². The number of nitrogens with one attached hydrogen (secondary N) is 1. The van der Waals surface area contributed by atoms with Crippen molar-refractivity contribution >= 4 is 17.3 Å². The number of benzene rings is 1. The summed E-state index contributed by atoms with van der Waals surface area (Å²) in [6.07, 6.45) is 5.44. The van der Waals surface area contributed by atoms with Crippen LogP contribution in [0.15, 0.2) is 61.1 Å². The zero-order valence-electron chi connectivity index (χ0n) is 11.6. The zero-order valence-corrected chi connectivity index (χ0v) is 12.3. The van der Waals surface area contributed by atoms with E-state index in [0.29, 0.717) is 5.02 Å². The summed E-state index contributed by atoms with van der Waals surface area (Å²) in [6, 6.07) is 13.5. The predicted molar refractivity (Wildman–Crippen MR) is 84.8 cm³/mol. The number of hydrogen-bond donors (Lipinski definition) is 1. The Morgan fingerprint density at radius 3 is 2.76 bits per heavy atom. The summed E-state index contributed by atoms with van der Waals surface area (Å²) in [5.74, 6) is 0. The molecule has 3 aromatic rings. The van der Waals surface area contributed by atoms with Crippen LogP contribution in [-0.2, 0) is 0 Å². The van der Waals surface area contributed by atoms with Gasteiger partial charge < -0.3 is 5.32 Å². The molecule has 0 saturated carbocycles. The summed E-state index contributed by atoms with van der Waals surface area (Å²) in [5.41, 5.74) is 2.85. The number of rotatable bonds is 4. The summed E-state index contributed by atoms with van der Waals surface area (Å²) in [7, 11) is 0. The predicted octanol–water partition coefficient (Wildman–Crippen LogP) is 4.09. The van der Waals surface area contributed by atoms with Gasteiger partial charge in [-0.15, -0.1) is 0 Å². The number of aromatic nitrogens is 3. The topological polar surface area (TPSA) is 42.7 Å². The van der Waals surface area contributed by atoms with Gasteiger partial charge in [0.15, 0.2) is 0 Å². The van der Waals surface area contributed by atoms with Crippen molar-refractivity contribution in [2.75, 3.05) is 5.32 Å². The molecular weight excluding hydrogens is 284 g/mol. The van der Waals surface area contributed by atoms with Gasteiger partial charge in [-0.2, -0.15) is 5.10 Å². The van der Waals surface area contributed by atoms with Gasteiger partial charge in [-0.05, 0) is 43.3 Å². The average Bonchev–Trinajstić information content (AvgIpc) is 3.02. The molecule has 21 heavy (non-hydrogen) atoms. The molecule has 5 heteroatoms. The highest BCUT2D eigenvalue weighted by molar-refractivity contribution is 6.31. The molecule has 0 bridgehead atoms. The van der Waals surface area contributed by atoms with Gasteiger partial charge in [0.05, 0.1) is 23.1 Å². The van der Waals surface area contributed by atoms with E-state index in [-0.39, 0.29) is 6.04 Å². The Kier molecular flexibility index (Phi) is 3.88. The van der Waals surface area contributed by atoms with Crippen molar-refractivity contribution in [1.82, 2.24) is 14.8 Å². The second-order valence-electron chi connectivity index (χ2n) is 4.73. The van der Waals surface area contributed by atoms with Crippen LogP contribution in [0.25, 0.3) is 5.69 Å². The molecule has 0 aliphatic carbocycles. The standard InChI is InChI=1S/C16H15ClN4/c1-12(14-5-2-3-8-18-14)20-15-11-13(17)6-7-16(15)21-10-4-9-19-21/h2-12,20H,1H3. The van der Waals surface area contributed by atoms with E-state index in [1.165, 1.54) is 0 Å². The first-order valence-electron chi connectivity index (χ1n) is 6.71. The average molecular weight is 299 g/mol. The van der Waals surface area contributed by atoms with Gasteiger partial charge in [-0.1, -0.05) is 17.7 Å². The number of halogens is 1. The van der Waals surface area contributed by atoms with Crippen LogP contribution in [0.5, 0.6) is 0 Å². The summed E-state index contributed by atoms with van der Waals surface area (Å²) < 4.78 is 1.81. The lowest BCUT2D eigenvalue weighted by molar-refractivity contribution is 0.826. The smallest absolute Gasteiger partial charge is 0.0878 e. The fourth-order valence-electron chi connectivity index (χ4n) is 2.17.